The second-order valence-electron chi connectivity index (χ2n) is 4.87. The Morgan fingerprint density at radius 2 is 2.25 bits per heavy atom. The van der Waals surface area contributed by atoms with Crippen molar-refractivity contribution in [2.75, 3.05) is 11.9 Å². The number of halogens is 1. The van der Waals surface area contributed by atoms with Gasteiger partial charge in [0.25, 0.3) is 0 Å². The molecule has 0 aliphatic rings. The molecule has 1 aromatic heterocycles. The third-order valence-electron chi connectivity index (χ3n) is 3.30. The lowest BCUT2D eigenvalue weighted by Crippen LogP contribution is -2.03. The zero-order valence-corrected chi connectivity index (χ0v) is 12.1. The highest BCUT2D eigenvalue weighted by atomic mass is 19.1. The minimum absolute atomic E-state index is 0.509. The van der Waals surface area contributed by atoms with Gasteiger partial charge in [0.15, 0.2) is 11.5 Å². The predicted molar refractivity (Wildman–Crippen MR) is 80.6 cm³/mol. The lowest BCUT2D eigenvalue weighted by Gasteiger charge is -2.06. The average Bonchev–Trinajstić information content (AvgIpc) is 2.88. The zero-order valence-electron chi connectivity index (χ0n) is 12.1. The van der Waals surface area contributed by atoms with E-state index in [9.17, 15) is 4.39 Å². The van der Waals surface area contributed by atoms with E-state index in [0.29, 0.717) is 19.3 Å². The summed E-state index contributed by atoms with van der Waals surface area (Å²) in [5.41, 5.74) is 3.32. The highest BCUT2D eigenvalue weighted by Crippen LogP contribution is 2.21. The van der Waals surface area contributed by atoms with Crippen LogP contribution in [0.4, 0.5) is 10.1 Å². The lowest BCUT2D eigenvalue weighted by molar-refractivity contribution is 0.518. The van der Waals surface area contributed by atoms with Crippen molar-refractivity contribution < 1.29 is 8.81 Å². The standard InChI is InChI=1S/C16H21FN2O/c1-3-5-6-16-19-14-8-7-13(9-15(14)20-16)18-11-12(4-2)10-17/h7-10,18H,3-6,11H2,1-2H3/b12-10+. The molecule has 2 rings (SSSR count). The van der Waals surface area contributed by atoms with Crippen LogP contribution in [0.1, 0.15) is 39.0 Å². The number of benzene rings is 1. The van der Waals surface area contributed by atoms with Crippen LogP contribution in [0.2, 0.25) is 0 Å². The molecule has 0 aliphatic heterocycles. The van der Waals surface area contributed by atoms with Gasteiger partial charge in [-0.15, -0.1) is 0 Å². The van der Waals surface area contributed by atoms with Gasteiger partial charge in [-0.2, -0.15) is 0 Å². The van der Waals surface area contributed by atoms with E-state index in [1.807, 2.05) is 25.1 Å². The van der Waals surface area contributed by atoms with Crippen molar-refractivity contribution in [3.63, 3.8) is 0 Å². The number of aromatic nitrogens is 1. The maximum atomic E-state index is 12.5. The van der Waals surface area contributed by atoms with Crippen LogP contribution in [-0.4, -0.2) is 11.5 Å². The van der Waals surface area contributed by atoms with Crippen molar-refractivity contribution >= 4 is 16.8 Å². The highest BCUT2D eigenvalue weighted by Gasteiger charge is 2.06. The Morgan fingerprint density at radius 3 is 2.95 bits per heavy atom. The van der Waals surface area contributed by atoms with Gasteiger partial charge in [0.2, 0.25) is 0 Å². The van der Waals surface area contributed by atoms with Crippen LogP contribution >= 0.6 is 0 Å². The maximum absolute atomic E-state index is 12.5. The number of hydrogen-bond donors (Lipinski definition) is 1. The monoisotopic (exact) mass is 276 g/mol. The van der Waals surface area contributed by atoms with Crippen molar-refractivity contribution in [3.8, 4) is 0 Å². The summed E-state index contributed by atoms with van der Waals surface area (Å²) in [6.45, 7) is 4.59. The molecule has 4 heteroatoms. The van der Waals surface area contributed by atoms with E-state index in [0.717, 1.165) is 47.5 Å². The predicted octanol–water partition coefficient (Wildman–Crippen LogP) is 4.85. The number of rotatable bonds is 7. The summed E-state index contributed by atoms with van der Waals surface area (Å²) in [5, 5.41) is 3.20. The van der Waals surface area contributed by atoms with Crippen LogP contribution in [0, 0.1) is 0 Å². The van der Waals surface area contributed by atoms with E-state index >= 15 is 0 Å². The molecule has 1 aromatic carbocycles. The molecule has 0 radical (unpaired) electrons. The summed E-state index contributed by atoms with van der Waals surface area (Å²) in [4.78, 5) is 4.45. The fourth-order valence-corrected chi connectivity index (χ4v) is 1.97. The molecule has 0 spiro atoms. The van der Waals surface area contributed by atoms with Crippen LogP contribution in [0.3, 0.4) is 0 Å². The average molecular weight is 276 g/mol. The zero-order chi connectivity index (χ0) is 14.4. The Kier molecular flexibility index (Phi) is 5.16. The van der Waals surface area contributed by atoms with Crippen molar-refractivity contribution in [2.24, 2.45) is 0 Å². The molecule has 0 amide bonds. The summed E-state index contributed by atoms with van der Waals surface area (Å²) in [7, 11) is 0. The molecule has 0 fully saturated rings. The van der Waals surface area contributed by atoms with E-state index in [2.05, 4.69) is 17.2 Å². The van der Waals surface area contributed by atoms with E-state index in [1.165, 1.54) is 0 Å². The molecule has 20 heavy (non-hydrogen) atoms. The summed E-state index contributed by atoms with van der Waals surface area (Å²) < 4.78 is 18.2. The van der Waals surface area contributed by atoms with Crippen molar-refractivity contribution in [1.29, 1.82) is 0 Å². The first-order chi connectivity index (χ1) is 9.76. The molecule has 108 valence electrons. The Labute approximate surface area is 118 Å². The van der Waals surface area contributed by atoms with Crippen LogP contribution in [0.5, 0.6) is 0 Å². The van der Waals surface area contributed by atoms with Crippen LogP contribution in [0.15, 0.2) is 34.5 Å². The van der Waals surface area contributed by atoms with E-state index in [4.69, 9.17) is 4.42 Å². The molecule has 0 bridgehead atoms. The quantitative estimate of drug-likeness (QED) is 0.786. The van der Waals surface area contributed by atoms with E-state index in [1.54, 1.807) is 0 Å². The van der Waals surface area contributed by atoms with Gasteiger partial charge in [-0.1, -0.05) is 20.3 Å². The number of unbranched alkanes of at least 4 members (excludes halogenated alkanes) is 1. The van der Waals surface area contributed by atoms with E-state index in [-0.39, 0.29) is 0 Å². The van der Waals surface area contributed by atoms with Crippen LogP contribution in [-0.2, 0) is 6.42 Å². The normalized spacial score (nSPS) is 12.1. The summed E-state index contributed by atoms with van der Waals surface area (Å²) in [5.74, 6) is 0.789. The van der Waals surface area contributed by atoms with Gasteiger partial charge in [-0.3, -0.25) is 0 Å². The molecule has 0 saturated heterocycles. The third kappa shape index (κ3) is 3.59. The highest BCUT2D eigenvalue weighted by molar-refractivity contribution is 5.77. The maximum Gasteiger partial charge on any atom is 0.195 e. The molecule has 1 N–H and O–H groups in total. The molecule has 0 atom stereocenters. The fourth-order valence-electron chi connectivity index (χ4n) is 1.97. The molecular formula is C16H21FN2O. The molecule has 0 unspecified atom stereocenters. The summed E-state index contributed by atoms with van der Waals surface area (Å²) >= 11 is 0. The first-order valence-electron chi connectivity index (χ1n) is 7.18. The number of nitrogens with one attached hydrogen (secondary N) is 1. The Morgan fingerprint density at radius 1 is 1.40 bits per heavy atom. The minimum Gasteiger partial charge on any atom is -0.441 e. The summed E-state index contributed by atoms with van der Waals surface area (Å²) in [6.07, 6.45) is 4.45. The van der Waals surface area contributed by atoms with Gasteiger partial charge in [0.05, 0.1) is 6.33 Å². The molecule has 2 aromatic rings. The van der Waals surface area contributed by atoms with Gasteiger partial charge in [0.1, 0.15) is 5.52 Å². The van der Waals surface area contributed by atoms with Crippen molar-refractivity contribution in [2.45, 2.75) is 39.5 Å². The SMILES string of the molecule is CCCCc1nc2ccc(NC/C(=C/F)CC)cc2o1. The summed E-state index contributed by atoms with van der Waals surface area (Å²) in [6, 6.07) is 5.80. The van der Waals surface area contributed by atoms with Gasteiger partial charge in [-0.05, 0) is 30.5 Å². The Bertz CT molecular complexity index is 589. The number of hydrogen-bond acceptors (Lipinski definition) is 3. The third-order valence-corrected chi connectivity index (χ3v) is 3.30. The lowest BCUT2D eigenvalue weighted by atomic mass is 10.2. The number of oxazole rings is 1. The van der Waals surface area contributed by atoms with Crippen LogP contribution in [0.25, 0.3) is 11.1 Å². The Balaban J connectivity index is 2.08. The van der Waals surface area contributed by atoms with Gasteiger partial charge in [0, 0.05) is 24.7 Å². The second-order valence-corrected chi connectivity index (χ2v) is 4.87. The topological polar surface area (TPSA) is 38.1 Å². The fraction of sp³-hybridized carbons (Fsp3) is 0.438. The first-order valence-corrected chi connectivity index (χ1v) is 7.18. The molecular weight excluding hydrogens is 255 g/mol. The van der Waals surface area contributed by atoms with Gasteiger partial charge >= 0.3 is 0 Å². The molecule has 0 aliphatic carbocycles. The first kappa shape index (κ1) is 14.6. The van der Waals surface area contributed by atoms with Crippen LogP contribution < -0.4 is 5.32 Å². The minimum atomic E-state index is 0.509. The second kappa shape index (κ2) is 7.08. The van der Waals surface area contributed by atoms with Gasteiger partial charge in [-0.25, -0.2) is 9.37 Å². The largest absolute Gasteiger partial charge is 0.441 e. The Hall–Kier alpha value is -1.84. The van der Waals surface area contributed by atoms with Crippen molar-refractivity contribution in [1.82, 2.24) is 4.98 Å². The number of fused-ring (bicyclic) bond motifs is 1. The van der Waals surface area contributed by atoms with E-state index < -0.39 is 0 Å². The van der Waals surface area contributed by atoms with Crippen molar-refractivity contribution in [3.05, 3.63) is 36.0 Å². The number of nitrogens with zero attached hydrogens (tertiary/aromatic N) is 1. The molecule has 0 saturated carbocycles. The number of aryl methyl sites for hydroxylation is 1. The molecule has 3 nitrogen and oxygen atoms in total. The molecule has 1 heterocycles. The number of anilines is 1. The smallest absolute Gasteiger partial charge is 0.195 e. The van der Waals surface area contributed by atoms with Gasteiger partial charge < -0.3 is 9.73 Å².